The van der Waals surface area contributed by atoms with Gasteiger partial charge in [0.15, 0.2) is 0 Å². The normalized spacial score (nSPS) is 10.3. The van der Waals surface area contributed by atoms with E-state index in [4.69, 9.17) is 28.4 Å². The highest BCUT2D eigenvalue weighted by molar-refractivity contribution is 5.89. The summed E-state index contributed by atoms with van der Waals surface area (Å²) < 4.78 is 32.2. The second-order valence-corrected chi connectivity index (χ2v) is 16.1. The van der Waals surface area contributed by atoms with Crippen LogP contribution in [0.3, 0.4) is 0 Å². The molecule has 0 unspecified atom stereocenters. The lowest BCUT2D eigenvalue weighted by Gasteiger charge is -2.07. The first kappa shape index (κ1) is 53.3. The summed E-state index contributed by atoms with van der Waals surface area (Å²) in [5.74, 6) is 1.08. The Morgan fingerprint density at radius 3 is 1.00 bits per heavy atom. The molecular weight excluding hydrogens is 945 g/mol. The van der Waals surface area contributed by atoms with E-state index in [0.29, 0.717) is 42.6 Å². The van der Waals surface area contributed by atoms with Crippen molar-refractivity contribution in [1.29, 1.82) is 0 Å². The first-order valence-electron chi connectivity index (χ1n) is 24.4. The molecule has 0 spiro atoms. The molecule has 75 heavy (non-hydrogen) atoms. The number of esters is 3. The number of benzene rings is 5. The monoisotopic (exact) mass is 1000 g/mol. The van der Waals surface area contributed by atoms with Crippen molar-refractivity contribution in [3.05, 3.63) is 246 Å². The Kier molecular flexibility index (Phi) is 20.3. The van der Waals surface area contributed by atoms with E-state index in [1.165, 1.54) is 0 Å². The molecule has 0 N–H and O–H groups in total. The summed E-state index contributed by atoms with van der Waals surface area (Å²) in [6.07, 6.45) is 1.66. The highest BCUT2D eigenvalue weighted by Crippen LogP contribution is 2.24. The maximum Gasteiger partial charge on any atom is 0.357 e. The van der Waals surface area contributed by atoms with Crippen LogP contribution in [0.15, 0.2) is 212 Å². The molecule has 4 aromatic heterocycles. The van der Waals surface area contributed by atoms with E-state index < -0.39 is 17.9 Å². The molecule has 0 bridgehead atoms. The summed E-state index contributed by atoms with van der Waals surface area (Å²) in [6.45, 7) is 8.28. The van der Waals surface area contributed by atoms with E-state index in [1.54, 1.807) is 48.7 Å². The third kappa shape index (κ3) is 16.8. The van der Waals surface area contributed by atoms with E-state index in [9.17, 15) is 14.4 Å². The van der Waals surface area contributed by atoms with Gasteiger partial charge in [0.1, 0.15) is 54.2 Å². The predicted molar refractivity (Wildman–Crippen MR) is 287 cm³/mol. The van der Waals surface area contributed by atoms with Crippen LogP contribution in [0.25, 0.3) is 33.8 Å². The lowest BCUT2D eigenvalue weighted by molar-refractivity contribution is 0.0454. The van der Waals surface area contributed by atoms with Crippen LogP contribution < -0.4 is 14.2 Å². The molecule has 5 aromatic carbocycles. The Hall–Kier alpha value is -9.49. The summed E-state index contributed by atoms with van der Waals surface area (Å²) in [5, 5.41) is 0. The van der Waals surface area contributed by atoms with Crippen LogP contribution in [0, 0.1) is 0 Å². The van der Waals surface area contributed by atoms with Gasteiger partial charge in [0.05, 0.1) is 42.6 Å². The van der Waals surface area contributed by atoms with Gasteiger partial charge in [0, 0.05) is 22.9 Å². The molecule has 0 atom stereocenters. The number of ether oxygens (including phenoxy) is 6. The van der Waals surface area contributed by atoms with Crippen molar-refractivity contribution in [2.75, 3.05) is 19.8 Å². The fraction of sp³-hybridized carbons (Fsp3) is 0.145. The summed E-state index contributed by atoms with van der Waals surface area (Å²) in [6, 6.07) is 63.4. The molecule has 13 heteroatoms. The van der Waals surface area contributed by atoms with Gasteiger partial charge in [-0.15, -0.1) is 0 Å². The predicted octanol–water partition coefficient (Wildman–Crippen LogP) is 12.9. The second-order valence-electron chi connectivity index (χ2n) is 16.1. The van der Waals surface area contributed by atoms with Gasteiger partial charge in [-0.3, -0.25) is 4.98 Å². The molecule has 13 nitrogen and oxygen atoms in total. The van der Waals surface area contributed by atoms with Gasteiger partial charge >= 0.3 is 17.9 Å². The van der Waals surface area contributed by atoms with E-state index in [-0.39, 0.29) is 25.5 Å². The SMILES string of the molecule is CCOc1ccc(-c2cccc(C(=O)OCc3ccccc3)n2)cc1.CCOc1ccc(-c2cccc(C(=O)OCc3ccccc3)n2)cc1.CCOc1ccc(-c2cccc(C(=O)OCc3ccccn3)n2)cc1. The Bertz CT molecular complexity index is 2840. The zero-order valence-electron chi connectivity index (χ0n) is 41.9. The number of hydrogen-bond donors (Lipinski definition) is 0. The Morgan fingerprint density at radius 2 is 0.680 bits per heavy atom. The average Bonchev–Trinajstić information content (AvgIpc) is 3.47. The fourth-order valence-electron chi connectivity index (χ4n) is 7.08. The molecule has 0 fully saturated rings. The maximum atomic E-state index is 12.2. The molecule has 0 aliphatic rings. The van der Waals surface area contributed by atoms with Gasteiger partial charge in [0.25, 0.3) is 0 Å². The molecule has 378 valence electrons. The Balaban J connectivity index is 0.000000164. The molecule has 0 amide bonds. The van der Waals surface area contributed by atoms with Crippen molar-refractivity contribution >= 4 is 17.9 Å². The fourth-order valence-corrected chi connectivity index (χ4v) is 7.08. The smallest absolute Gasteiger partial charge is 0.357 e. The number of aromatic nitrogens is 4. The second kappa shape index (κ2) is 28.5. The number of nitrogens with zero attached hydrogens (tertiary/aromatic N) is 4. The number of carbonyl (C=O) groups is 3. The van der Waals surface area contributed by atoms with Crippen molar-refractivity contribution < 1.29 is 42.8 Å². The third-order valence-corrected chi connectivity index (χ3v) is 10.8. The van der Waals surface area contributed by atoms with Crippen LogP contribution in [0.1, 0.15) is 69.1 Å². The first-order valence-corrected chi connectivity index (χ1v) is 24.4. The molecular formula is C62H56N4O9. The zero-order valence-corrected chi connectivity index (χ0v) is 41.9. The molecule has 9 aromatic rings. The van der Waals surface area contributed by atoms with E-state index in [0.717, 1.165) is 56.5 Å². The Labute approximate surface area is 436 Å². The number of carbonyl (C=O) groups excluding carboxylic acids is 3. The van der Waals surface area contributed by atoms with Gasteiger partial charge in [-0.25, -0.2) is 29.3 Å². The number of pyridine rings is 4. The van der Waals surface area contributed by atoms with E-state index >= 15 is 0 Å². The summed E-state index contributed by atoms with van der Waals surface area (Å²) in [7, 11) is 0. The maximum absolute atomic E-state index is 12.2. The van der Waals surface area contributed by atoms with Crippen LogP contribution in [0.5, 0.6) is 17.2 Å². The van der Waals surface area contributed by atoms with Crippen molar-refractivity contribution in [2.45, 2.75) is 40.6 Å². The van der Waals surface area contributed by atoms with E-state index in [1.807, 2.05) is 185 Å². The summed E-state index contributed by atoms with van der Waals surface area (Å²) >= 11 is 0. The van der Waals surface area contributed by atoms with Crippen molar-refractivity contribution in [3.63, 3.8) is 0 Å². The van der Waals surface area contributed by atoms with Gasteiger partial charge < -0.3 is 28.4 Å². The molecule has 0 radical (unpaired) electrons. The van der Waals surface area contributed by atoms with Gasteiger partial charge in [-0.05, 0) is 153 Å². The minimum absolute atomic E-state index is 0.120. The lowest BCUT2D eigenvalue weighted by atomic mass is 10.1. The number of hydrogen-bond acceptors (Lipinski definition) is 13. The van der Waals surface area contributed by atoms with Crippen molar-refractivity contribution in [2.24, 2.45) is 0 Å². The van der Waals surface area contributed by atoms with Crippen LogP contribution in [-0.2, 0) is 34.0 Å². The highest BCUT2D eigenvalue weighted by atomic mass is 16.5. The van der Waals surface area contributed by atoms with Crippen molar-refractivity contribution in [1.82, 2.24) is 19.9 Å². The zero-order chi connectivity index (χ0) is 52.5. The molecule has 0 aliphatic heterocycles. The third-order valence-electron chi connectivity index (χ3n) is 10.8. The quantitative estimate of drug-likeness (QED) is 0.0591. The van der Waals surface area contributed by atoms with Crippen LogP contribution in [0.2, 0.25) is 0 Å². The van der Waals surface area contributed by atoms with E-state index in [2.05, 4.69) is 19.9 Å². The van der Waals surface area contributed by atoms with Gasteiger partial charge in [-0.2, -0.15) is 0 Å². The van der Waals surface area contributed by atoms with Crippen LogP contribution >= 0.6 is 0 Å². The molecule has 0 saturated heterocycles. The minimum atomic E-state index is -0.474. The molecule has 0 saturated carbocycles. The summed E-state index contributed by atoms with van der Waals surface area (Å²) in [5.41, 5.74) is 8.32. The average molecular weight is 1000 g/mol. The molecule has 9 rings (SSSR count). The highest BCUT2D eigenvalue weighted by Gasteiger charge is 2.14. The lowest BCUT2D eigenvalue weighted by Crippen LogP contribution is -2.08. The molecule has 0 aliphatic carbocycles. The van der Waals surface area contributed by atoms with Crippen molar-refractivity contribution in [3.8, 4) is 51.0 Å². The van der Waals surface area contributed by atoms with Crippen LogP contribution in [0.4, 0.5) is 0 Å². The van der Waals surface area contributed by atoms with Gasteiger partial charge in [0.2, 0.25) is 0 Å². The van der Waals surface area contributed by atoms with Gasteiger partial charge in [-0.1, -0.05) is 84.9 Å². The molecule has 4 heterocycles. The minimum Gasteiger partial charge on any atom is -0.494 e. The standard InChI is InChI=1S/2C21H19NO3.C20H18N2O3/c2*1-2-24-18-13-11-17(12-14-18)19-9-6-10-20(22-19)21(23)25-15-16-7-4-3-5-8-16;1-2-24-17-11-9-15(10-12-17)18-7-5-8-19(22-18)20(23)25-14-16-6-3-4-13-21-16/h2*3-14H,2,15H2,1H3;3-13H,2,14H2,1H3. The first-order chi connectivity index (χ1) is 36.8. The topological polar surface area (TPSA) is 158 Å². The summed E-state index contributed by atoms with van der Waals surface area (Å²) in [4.78, 5) is 54.0. The van der Waals surface area contributed by atoms with Crippen LogP contribution in [-0.4, -0.2) is 57.7 Å². The Morgan fingerprint density at radius 1 is 0.347 bits per heavy atom. The largest absolute Gasteiger partial charge is 0.494 e. The number of rotatable bonds is 18.